The van der Waals surface area contributed by atoms with E-state index in [4.69, 9.17) is 0 Å². The Labute approximate surface area is 687 Å². The van der Waals surface area contributed by atoms with Crippen LogP contribution in [0.5, 0.6) is 0 Å². The van der Waals surface area contributed by atoms with Crippen molar-refractivity contribution in [3.05, 3.63) is 245 Å². The molecule has 1 aliphatic carbocycles. The summed E-state index contributed by atoms with van der Waals surface area (Å²) in [6.07, 6.45) is 23.3. The van der Waals surface area contributed by atoms with Gasteiger partial charge in [-0.15, -0.1) is 0 Å². The lowest BCUT2D eigenvalue weighted by Gasteiger charge is -2.30. The van der Waals surface area contributed by atoms with Gasteiger partial charge in [0.15, 0.2) is 0 Å². The summed E-state index contributed by atoms with van der Waals surface area (Å²) in [4.78, 5) is 0. The van der Waals surface area contributed by atoms with Crippen molar-refractivity contribution in [1.29, 1.82) is 0 Å². The molecule has 0 aromatic heterocycles. The third-order valence-electron chi connectivity index (χ3n) is 28.1. The van der Waals surface area contributed by atoms with Crippen molar-refractivity contribution in [3.8, 4) is 0 Å². The summed E-state index contributed by atoms with van der Waals surface area (Å²) in [5.41, 5.74) is 29.1. The minimum Gasteiger partial charge on any atom is -0.0651 e. The van der Waals surface area contributed by atoms with Crippen LogP contribution in [0.25, 0.3) is 0 Å². The van der Waals surface area contributed by atoms with Crippen molar-refractivity contribution in [2.24, 2.45) is 23.7 Å². The Hall–Kier alpha value is -5.46. The Morgan fingerprint density at radius 1 is 0.282 bits per heavy atom. The first-order valence-corrected chi connectivity index (χ1v) is 45.6. The summed E-state index contributed by atoms with van der Waals surface area (Å²) in [5, 5.41) is 0. The number of aryl methyl sites for hydroxylation is 10. The Kier molecular flexibility index (Phi) is 48.6. The van der Waals surface area contributed by atoms with Crippen LogP contribution in [0.2, 0.25) is 0 Å². The SMILES string of the molecule is CCC(C)(C)c1ccc(C(C)(C)CC)cc1.CCC(C)(CC)c1ccc(C(C)(CC)CC)cc1.CCC(C)c1ccc(C(C)CC)cc1.CCC(C)c1ccc(C)c(C)c1.CCC(CC)c1ccc(C(CC)CC)cc1.CCC1C(C)CC(C)C1C.CCc1cc(C)c(CC)cc1C.CCc1cc(CC)c(C)cc1C. The second-order valence-corrected chi connectivity index (χ2v) is 35.7. The van der Waals surface area contributed by atoms with Crippen LogP contribution in [0.15, 0.2) is 140 Å². The zero-order valence-corrected chi connectivity index (χ0v) is 79.4. The number of hydrogen-bond acceptors (Lipinski definition) is 0. The molecule has 0 heterocycles. The highest BCUT2D eigenvalue weighted by Gasteiger charge is 2.34. The number of hydrogen-bond donors (Lipinski definition) is 0. The molecular weight excluding hydrogens is 1320 g/mol. The highest BCUT2D eigenvalue weighted by molar-refractivity contribution is 5.40. The molecule has 1 saturated carbocycles. The molecule has 0 amide bonds. The van der Waals surface area contributed by atoms with Gasteiger partial charge in [0.2, 0.25) is 0 Å². The molecule has 0 saturated heterocycles. The minimum atomic E-state index is 0.300. The first kappa shape index (κ1) is 103. The quantitative estimate of drug-likeness (QED) is 0.0481. The van der Waals surface area contributed by atoms with E-state index < -0.39 is 0 Å². The predicted octanol–water partition coefficient (Wildman–Crippen LogP) is 35.1. The van der Waals surface area contributed by atoms with E-state index in [0.29, 0.717) is 39.4 Å². The smallest absolute Gasteiger partial charge is 0.00805 e. The van der Waals surface area contributed by atoms with Gasteiger partial charge in [-0.1, -0.05) is 354 Å². The summed E-state index contributed by atoms with van der Waals surface area (Å²) in [5.74, 6) is 7.52. The van der Waals surface area contributed by atoms with Gasteiger partial charge < -0.3 is 0 Å². The molecule has 0 spiro atoms. The largest absolute Gasteiger partial charge is 0.0651 e. The molecule has 0 N–H and O–H groups in total. The van der Waals surface area contributed by atoms with Gasteiger partial charge in [-0.3, -0.25) is 0 Å². The van der Waals surface area contributed by atoms with Crippen LogP contribution in [-0.2, 0) is 47.3 Å². The first-order valence-electron chi connectivity index (χ1n) is 45.6. The Bertz CT molecular complexity index is 3340. The van der Waals surface area contributed by atoms with Gasteiger partial charge in [0.25, 0.3) is 0 Å². The maximum Gasteiger partial charge on any atom is -0.00805 e. The van der Waals surface area contributed by atoms with Crippen LogP contribution < -0.4 is 0 Å². The van der Waals surface area contributed by atoms with Gasteiger partial charge in [-0.2, -0.15) is 0 Å². The second-order valence-electron chi connectivity index (χ2n) is 35.7. The third-order valence-corrected chi connectivity index (χ3v) is 28.1. The van der Waals surface area contributed by atoms with Crippen molar-refractivity contribution >= 4 is 0 Å². The summed E-state index contributed by atoms with van der Waals surface area (Å²) in [7, 11) is 0. The maximum absolute atomic E-state index is 2.42. The molecule has 0 nitrogen and oxygen atoms in total. The highest BCUT2D eigenvalue weighted by atomic mass is 14.4. The molecule has 1 aliphatic rings. The van der Waals surface area contributed by atoms with Gasteiger partial charge in [0.1, 0.15) is 0 Å². The Morgan fingerprint density at radius 2 is 0.564 bits per heavy atom. The molecular formula is C110H178. The van der Waals surface area contributed by atoms with E-state index in [2.05, 4.69) is 389 Å². The van der Waals surface area contributed by atoms with Crippen LogP contribution in [0.4, 0.5) is 0 Å². The summed E-state index contributed by atoms with van der Waals surface area (Å²) < 4.78 is 0. The molecule has 7 aromatic rings. The zero-order chi connectivity index (χ0) is 83.9. The minimum absolute atomic E-state index is 0.300. The molecule has 0 aliphatic heterocycles. The normalized spacial score (nSPS) is 15.6. The van der Waals surface area contributed by atoms with E-state index in [-0.39, 0.29) is 0 Å². The van der Waals surface area contributed by atoms with E-state index in [1.165, 1.54) is 202 Å². The average Bonchev–Trinajstić information content (AvgIpc) is 1.19. The molecule has 1 fully saturated rings. The summed E-state index contributed by atoms with van der Waals surface area (Å²) in [6, 6.07) is 53.2. The second kappa shape index (κ2) is 52.1. The molecule has 7 unspecified atom stereocenters. The number of benzene rings is 7. The Morgan fingerprint density at radius 3 is 0.809 bits per heavy atom. The van der Waals surface area contributed by atoms with Gasteiger partial charge >= 0.3 is 0 Å². The van der Waals surface area contributed by atoms with Crippen LogP contribution >= 0.6 is 0 Å². The van der Waals surface area contributed by atoms with Gasteiger partial charge in [-0.05, 0) is 338 Å². The fourth-order valence-corrected chi connectivity index (χ4v) is 16.0. The topological polar surface area (TPSA) is 0 Å². The van der Waals surface area contributed by atoms with Gasteiger partial charge in [-0.25, -0.2) is 0 Å². The monoisotopic (exact) mass is 1500 g/mol. The van der Waals surface area contributed by atoms with Gasteiger partial charge in [0, 0.05) is 0 Å². The fraction of sp³-hybridized carbons (Fsp3) is 0.618. The van der Waals surface area contributed by atoms with E-state index in [9.17, 15) is 0 Å². The molecule has 7 aromatic carbocycles. The maximum atomic E-state index is 2.42. The van der Waals surface area contributed by atoms with Crippen molar-refractivity contribution < 1.29 is 0 Å². The van der Waals surface area contributed by atoms with Crippen molar-refractivity contribution in [2.45, 2.75) is 422 Å². The lowest BCUT2D eigenvalue weighted by molar-refractivity contribution is 0.314. The van der Waals surface area contributed by atoms with Crippen molar-refractivity contribution in [3.63, 3.8) is 0 Å². The zero-order valence-electron chi connectivity index (χ0n) is 79.4. The van der Waals surface area contributed by atoms with Crippen LogP contribution in [-0.4, -0.2) is 0 Å². The molecule has 8 rings (SSSR count). The molecule has 0 bridgehead atoms. The van der Waals surface area contributed by atoms with E-state index in [1.54, 1.807) is 0 Å². The summed E-state index contributed by atoms with van der Waals surface area (Å²) in [6.45, 7) is 82.0. The van der Waals surface area contributed by atoms with Crippen LogP contribution in [0.1, 0.15) is 439 Å². The van der Waals surface area contributed by atoms with E-state index >= 15 is 0 Å². The van der Waals surface area contributed by atoms with Crippen LogP contribution in [0, 0.1) is 65.2 Å². The average molecular weight is 1500 g/mol. The van der Waals surface area contributed by atoms with Crippen LogP contribution in [0.3, 0.4) is 0 Å². The molecule has 110 heavy (non-hydrogen) atoms. The summed E-state index contributed by atoms with van der Waals surface area (Å²) >= 11 is 0. The van der Waals surface area contributed by atoms with Crippen molar-refractivity contribution in [1.82, 2.24) is 0 Å². The lowest BCUT2D eigenvalue weighted by atomic mass is 9.74. The van der Waals surface area contributed by atoms with Crippen molar-refractivity contribution in [2.75, 3.05) is 0 Å². The molecule has 0 radical (unpaired) electrons. The standard InChI is InChI=1S/C18H30.2C16H26.C14H22.3C12H18.C10H20/c1-7-17(5,8-2)15-11-13-16(14-12-15)18(6,9-3)10-4;1-7-15(3,4)13-9-11-14(12-10-13)16(5,6)8-2;1-5-13(6-2)15-9-11-16(12-10-15)14(7-3)8-4;1-5-11(3)13-7-9-14(10-8-13)12(4)6-2;1-5-9(2)12-7-6-10(3)11(4)8-12;1-5-11-7-10(4)12(6-2)8-9(11)3;1-5-11-8-12(6-2)10(4)7-9(11)3;1-5-10-8(3)6-7(2)9(10)4/h11-14H,7-10H2,1-6H3;9-12H,7-8H2,1-6H3;9-14H,5-8H2,1-4H3;7-12H,5-6H2,1-4H3;6-9H,5H2,1-4H3;2*7-8H,5-6H2,1-4H3;7-10H,5-6H2,1-4H3. The number of rotatable bonds is 27. The van der Waals surface area contributed by atoms with Gasteiger partial charge in [0.05, 0.1) is 0 Å². The molecule has 618 valence electrons. The predicted molar refractivity (Wildman–Crippen MR) is 502 cm³/mol. The van der Waals surface area contributed by atoms with E-state index in [0.717, 1.165) is 61.2 Å². The Balaban J connectivity index is 0.000000632. The van der Waals surface area contributed by atoms with E-state index in [1.807, 2.05) is 0 Å². The fourth-order valence-electron chi connectivity index (χ4n) is 16.0. The molecule has 7 atom stereocenters. The highest BCUT2D eigenvalue weighted by Crippen LogP contribution is 2.43. The third kappa shape index (κ3) is 32.1. The lowest BCUT2D eigenvalue weighted by Crippen LogP contribution is -2.22. The molecule has 0 heteroatoms. The first-order chi connectivity index (χ1) is 51.9.